The largest absolute Gasteiger partial charge is 0.454 e. The molecule has 0 fully saturated rings. The second kappa shape index (κ2) is 6.27. The smallest absolute Gasteiger partial charge is 0.306 e. The Bertz CT molecular complexity index is 514. The van der Waals surface area contributed by atoms with Crippen LogP contribution in [-0.2, 0) is 20.9 Å². The molecule has 1 amide bonds. The van der Waals surface area contributed by atoms with Crippen LogP contribution in [0.1, 0.15) is 25.8 Å². The lowest BCUT2D eigenvalue weighted by Gasteiger charge is -2.13. The highest BCUT2D eigenvalue weighted by atomic mass is 16.7. The maximum absolute atomic E-state index is 11.8. The van der Waals surface area contributed by atoms with Gasteiger partial charge in [0.15, 0.2) is 17.6 Å². The molecule has 6 nitrogen and oxygen atoms in total. The normalized spacial score (nSPS) is 13.7. The van der Waals surface area contributed by atoms with Crippen LogP contribution in [-0.4, -0.2) is 24.8 Å². The molecule has 0 saturated heterocycles. The fourth-order valence-corrected chi connectivity index (χ4v) is 1.72. The summed E-state index contributed by atoms with van der Waals surface area (Å²) in [5, 5.41) is 2.71. The average molecular weight is 279 g/mol. The SMILES string of the molecule is CCC(=O)OC(C)C(=O)NCc1ccc2c(c1)OCO2. The van der Waals surface area contributed by atoms with Crippen LogP contribution in [0.25, 0.3) is 0 Å². The van der Waals surface area contributed by atoms with Gasteiger partial charge in [0, 0.05) is 13.0 Å². The van der Waals surface area contributed by atoms with Crippen molar-refractivity contribution in [3.63, 3.8) is 0 Å². The van der Waals surface area contributed by atoms with E-state index in [1.165, 1.54) is 0 Å². The number of ether oxygens (including phenoxy) is 3. The van der Waals surface area contributed by atoms with Crippen LogP contribution in [0.3, 0.4) is 0 Å². The van der Waals surface area contributed by atoms with Crippen molar-refractivity contribution in [2.45, 2.75) is 32.9 Å². The number of hydrogen-bond acceptors (Lipinski definition) is 5. The van der Waals surface area contributed by atoms with Gasteiger partial charge in [-0.3, -0.25) is 9.59 Å². The van der Waals surface area contributed by atoms with Gasteiger partial charge in [0.2, 0.25) is 6.79 Å². The monoisotopic (exact) mass is 279 g/mol. The van der Waals surface area contributed by atoms with E-state index in [0.29, 0.717) is 18.0 Å². The van der Waals surface area contributed by atoms with E-state index in [9.17, 15) is 9.59 Å². The molecule has 1 aliphatic heterocycles. The molecule has 1 atom stereocenters. The molecule has 0 aromatic heterocycles. The van der Waals surface area contributed by atoms with Crippen molar-refractivity contribution < 1.29 is 23.8 Å². The summed E-state index contributed by atoms with van der Waals surface area (Å²) in [5.74, 6) is 0.646. The van der Waals surface area contributed by atoms with Crippen molar-refractivity contribution in [3.8, 4) is 11.5 Å². The van der Waals surface area contributed by atoms with Gasteiger partial charge in [-0.05, 0) is 24.6 Å². The van der Waals surface area contributed by atoms with Crippen molar-refractivity contribution in [1.29, 1.82) is 0 Å². The Balaban J connectivity index is 1.85. The predicted molar refractivity (Wildman–Crippen MR) is 70.3 cm³/mol. The minimum absolute atomic E-state index is 0.217. The minimum Gasteiger partial charge on any atom is -0.454 e. The Morgan fingerprint density at radius 3 is 2.85 bits per heavy atom. The average Bonchev–Trinajstić information content (AvgIpc) is 2.91. The third-order valence-electron chi connectivity index (χ3n) is 2.87. The molecule has 0 radical (unpaired) electrons. The van der Waals surface area contributed by atoms with Crippen molar-refractivity contribution in [2.24, 2.45) is 0 Å². The van der Waals surface area contributed by atoms with Crippen LogP contribution in [0.2, 0.25) is 0 Å². The van der Waals surface area contributed by atoms with Crippen LogP contribution < -0.4 is 14.8 Å². The molecule has 1 unspecified atom stereocenters. The van der Waals surface area contributed by atoms with Crippen molar-refractivity contribution in [2.75, 3.05) is 6.79 Å². The molecule has 0 spiro atoms. The van der Waals surface area contributed by atoms with Gasteiger partial charge in [-0.2, -0.15) is 0 Å². The standard InChI is InChI=1S/C14H17NO5/c1-3-13(16)20-9(2)14(17)15-7-10-4-5-11-12(6-10)19-8-18-11/h4-6,9H,3,7-8H2,1-2H3,(H,15,17). The fraction of sp³-hybridized carbons (Fsp3) is 0.429. The first-order valence-electron chi connectivity index (χ1n) is 6.46. The van der Waals surface area contributed by atoms with Gasteiger partial charge < -0.3 is 19.5 Å². The van der Waals surface area contributed by atoms with Crippen LogP contribution in [0.4, 0.5) is 0 Å². The maximum atomic E-state index is 11.8. The Hall–Kier alpha value is -2.24. The molecule has 1 aromatic rings. The van der Waals surface area contributed by atoms with Crippen molar-refractivity contribution >= 4 is 11.9 Å². The number of hydrogen-bond donors (Lipinski definition) is 1. The third-order valence-corrected chi connectivity index (χ3v) is 2.87. The van der Waals surface area contributed by atoms with Crippen LogP contribution >= 0.6 is 0 Å². The second-order valence-corrected chi connectivity index (χ2v) is 4.39. The summed E-state index contributed by atoms with van der Waals surface area (Å²) < 4.78 is 15.4. The number of benzene rings is 1. The van der Waals surface area contributed by atoms with E-state index in [1.807, 2.05) is 12.1 Å². The number of esters is 1. The van der Waals surface area contributed by atoms with Gasteiger partial charge in [0.25, 0.3) is 5.91 Å². The first kappa shape index (κ1) is 14.2. The van der Waals surface area contributed by atoms with E-state index in [2.05, 4.69) is 5.32 Å². The van der Waals surface area contributed by atoms with Crippen molar-refractivity contribution in [3.05, 3.63) is 23.8 Å². The summed E-state index contributed by atoms with van der Waals surface area (Å²) in [4.78, 5) is 22.9. The Kier molecular flexibility index (Phi) is 4.45. The molecule has 1 heterocycles. The molecule has 108 valence electrons. The Labute approximate surface area is 117 Å². The van der Waals surface area contributed by atoms with Gasteiger partial charge in [-0.1, -0.05) is 13.0 Å². The summed E-state index contributed by atoms with van der Waals surface area (Å²) in [5.41, 5.74) is 0.886. The molecule has 0 saturated carbocycles. The lowest BCUT2D eigenvalue weighted by atomic mass is 10.2. The number of nitrogens with one attached hydrogen (secondary N) is 1. The van der Waals surface area contributed by atoms with E-state index in [1.54, 1.807) is 19.9 Å². The molecule has 1 N–H and O–H groups in total. The highest BCUT2D eigenvalue weighted by Crippen LogP contribution is 2.32. The van der Waals surface area contributed by atoms with Gasteiger partial charge in [0.1, 0.15) is 0 Å². The number of rotatable bonds is 5. The summed E-state index contributed by atoms with van der Waals surface area (Å²) in [7, 11) is 0. The van der Waals surface area contributed by atoms with Crippen LogP contribution in [0, 0.1) is 0 Å². The van der Waals surface area contributed by atoms with Crippen molar-refractivity contribution in [1.82, 2.24) is 5.32 Å². The zero-order chi connectivity index (χ0) is 14.5. The molecule has 1 aliphatic rings. The van der Waals surface area contributed by atoms with E-state index < -0.39 is 12.1 Å². The van der Waals surface area contributed by atoms with Gasteiger partial charge in [-0.25, -0.2) is 0 Å². The first-order chi connectivity index (χ1) is 9.60. The first-order valence-corrected chi connectivity index (χ1v) is 6.46. The number of carbonyl (C=O) groups is 2. The van der Waals surface area contributed by atoms with Gasteiger partial charge in [0.05, 0.1) is 0 Å². The highest BCUT2D eigenvalue weighted by molar-refractivity contribution is 5.83. The summed E-state index contributed by atoms with van der Waals surface area (Å²) in [6.07, 6.45) is -0.545. The third kappa shape index (κ3) is 3.40. The van der Waals surface area contributed by atoms with Crippen LogP contribution in [0.15, 0.2) is 18.2 Å². The molecule has 0 aliphatic carbocycles. The molecule has 6 heteroatoms. The van der Waals surface area contributed by atoms with E-state index in [0.717, 1.165) is 5.56 Å². The molecular weight excluding hydrogens is 262 g/mol. The van der Waals surface area contributed by atoms with E-state index >= 15 is 0 Å². The predicted octanol–water partition coefficient (Wildman–Crippen LogP) is 1.37. The zero-order valence-corrected chi connectivity index (χ0v) is 11.5. The molecule has 2 rings (SSSR count). The molecule has 0 bridgehead atoms. The number of fused-ring (bicyclic) bond motifs is 1. The lowest BCUT2D eigenvalue weighted by Crippen LogP contribution is -2.35. The number of carbonyl (C=O) groups excluding carboxylic acids is 2. The topological polar surface area (TPSA) is 73.9 Å². The Morgan fingerprint density at radius 1 is 1.35 bits per heavy atom. The van der Waals surface area contributed by atoms with Gasteiger partial charge in [-0.15, -0.1) is 0 Å². The van der Waals surface area contributed by atoms with Crippen LogP contribution in [0.5, 0.6) is 11.5 Å². The molecule has 1 aromatic carbocycles. The second-order valence-electron chi connectivity index (χ2n) is 4.39. The lowest BCUT2D eigenvalue weighted by molar-refractivity contribution is -0.154. The summed E-state index contributed by atoms with van der Waals surface area (Å²) in [6.45, 7) is 3.78. The summed E-state index contributed by atoms with van der Waals surface area (Å²) >= 11 is 0. The maximum Gasteiger partial charge on any atom is 0.306 e. The van der Waals surface area contributed by atoms with E-state index in [4.69, 9.17) is 14.2 Å². The summed E-state index contributed by atoms with van der Waals surface area (Å²) in [6, 6.07) is 5.45. The molecule has 20 heavy (non-hydrogen) atoms. The molecular formula is C14H17NO5. The van der Waals surface area contributed by atoms with Gasteiger partial charge >= 0.3 is 5.97 Å². The zero-order valence-electron chi connectivity index (χ0n) is 11.5. The number of amides is 1. The Morgan fingerprint density at radius 2 is 2.10 bits per heavy atom. The van der Waals surface area contributed by atoms with E-state index in [-0.39, 0.29) is 19.1 Å². The quantitative estimate of drug-likeness (QED) is 0.824. The highest BCUT2D eigenvalue weighted by Gasteiger charge is 2.17. The minimum atomic E-state index is -0.795. The fourth-order valence-electron chi connectivity index (χ4n) is 1.72.